The van der Waals surface area contributed by atoms with Crippen LogP contribution < -0.4 is 0 Å². The summed E-state index contributed by atoms with van der Waals surface area (Å²) in [7, 11) is 6.34. The minimum Gasteiger partial charge on any atom is -0.346 e. The second-order valence-corrected chi connectivity index (χ2v) is 6.42. The van der Waals surface area contributed by atoms with E-state index in [1.54, 1.807) is 28.2 Å². The van der Waals surface area contributed by atoms with Gasteiger partial charge in [0.2, 0.25) is 3.23 Å². The van der Waals surface area contributed by atoms with Gasteiger partial charge in [0.15, 0.2) is 0 Å². The van der Waals surface area contributed by atoms with Gasteiger partial charge in [0.1, 0.15) is 0 Å². The average molecular weight is 316 g/mol. The van der Waals surface area contributed by atoms with E-state index in [1.807, 2.05) is 0 Å². The van der Waals surface area contributed by atoms with Gasteiger partial charge in [-0.25, -0.2) is 0 Å². The van der Waals surface area contributed by atoms with Crippen molar-refractivity contribution in [3.05, 3.63) is 0 Å². The molecule has 0 aromatic carbocycles. The van der Waals surface area contributed by atoms with Gasteiger partial charge in [0, 0.05) is 28.2 Å². The molecule has 0 aromatic heterocycles. The van der Waals surface area contributed by atoms with Crippen LogP contribution in [0.25, 0.3) is 0 Å². The Morgan fingerprint density at radius 3 is 1.31 bits per heavy atom. The first-order chi connectivity index (χ1) is 5.71. The Morgan fingerprint density at radius 1 is 0.923 bits per heavy atom. The summed E-state index contributed by atoms with van der Waals surface area (Å²) in [5.74, 6) is -0.683. The number of nitrogens with zero attached hydrogens (tertiary/aromatic N) is 2. The molecule has 0 aromatic rings. The van der Waals surface area contributed by atoms with Gasteiger partial charge in [0.25, 0.3) is 11.8 Å². The third-order valence-electron chi connectivity index (χ3n) is 1.35. The van der Waals surface area contributed by atoms with E-state index in [1.165, 1.54) is 9.80 Å². The normalized spacial score (nSPS) is 10.9. The molecule has 0 rings (SSSR count). The molecule has 0 unspecified atom stereocenters. The third kappa shape index (κ3) is 2.95. The summed E-state index contributed by atoms with van der Waals surface area (Å²) in [6.45, 7) is 0. The Hall–Kier alpha value is -0.100. The molecule has 0 saturated heterocycles. The monoisotopic (exact) mass is 314 g/mol. The fraction of sp³-hybridized carbons (Fsp3) is 0.714. The van der Waals surface area contributed by atoms with Gasteiger partial charge in [-0.15, -0.1) is 0 Å². The molecule has 0 atom stereocenters. The largest absolute Gasteiger partial charge is 0.346 e. The lowest BCUT2D eigenvalue weighted by Gasteiger charge is -2.25. The van der Waals surface area contributed by atoms with E-state index < -0.39 is 3.23 Å². The maximum atomic E-state index is 11.5. The van der Waals surface area contributed by atoms with Crippen molar-refractivity contribution in [2.45, 2.75) is 3.23 Å². The highest BCUT2D eigenvalue weighted by Crippen LogP contribution is 2.29. The lowest BCUT2D eigenvalue weighted by atomic mass is 10.3. The van der Waals surface area contributed by atoms with E-state index in [2.05, 4.69) is 31.9 Å². The van der Waals surface area contributed by atoms with E-state index in [4.69, 9.17) is 0 Å². The summed E-state index contributed by atoms with van der Waals surface area (Å²) < 4.78 is -1.34. The lowest BCUT2D eigenvalue weighted by molar-refractivity contribution is -0.137. The first kappa shape index (κ1) is 12.9. The first-order valence-electron chi connectivity index (χ1n) is 3.52. The Labute approximate surface area is 94.5 Å². The third-order valence-corrected chi connectivity index (χ3v) is 2.71. The first-order valence-corrected chi connectivity index (χ1v) is 5.11. The van der Waals surface area contributed by atoms with Crippen molar-refractivity contribution < 1.29 is 9.59 Å². The van der Waals surface area contributed by atoms with Gasteiger partial charge in [-0.2, -0.15) is 0 Å². The SMILES string of the molecule is CN(C)C(=O)C(Br)(Br)C(=O)N(C)C. The van der Waals surface area contributed by atoms with E-state index in [9.17, 15) is 9.59 Å². The molecular formula is C7H12Br2N2O2. The van der Waals surface area contributed by atoms with Crippen molar-refractivity contribution in [1.82, 2.24) is 9.80 Å². The molecule has 0 spiro atoms. The zero-order chi connectivity index (χ0) is 10.8. The fourth-order valence-electron chi connectivity index (χ4n) is 0.653. The number of rotatable bonds is 2. The van der Waals surface area contributed by atoms with Crippen LogP contribution in [0.2, 0.25) is 0 Å². The van der Waals surface area contributed by atoms with Gasteiger partial charge >= 0.3 is 0 Å². The van der Waals surface area contributed by atoms with Crippen molar-refractivity contribution in [1.29, 1.82) is 0 Å². The van der Waals surface area contributed by atoms with E-state index in [0.717, 1.165) is 0 Å². The summed E-state index contributed by atoms with van der Waals surface area (Å²) in [5, 5.41) is 0. The molecule has 76 valence electrons. The van der Waals surface area contributed by atoms with Crippen molar-refractivity contribution >= 4 is 43.7 Å². The van der Waals surface area contributed by atoms with Gasteiger partial charge in [-0.1, -0.05) is 31.9 Å². The maximum absolute atomic E-state index is 11.5. The molecule has 4 nitrogen and oxygen atoms in total. The summed E-state index contributed by atoms with van der Waals surface area (Å²) in [6.07, 6.45) is 0. The molecule has 6 heteroatoms. The number of hydrogen-bond acceptors (Lipinski definition) is 2. The second kappa shape index (κ2) is 4.41. The smallest absolute Gasteiger partial charge is 0.259 e. The Morgan fingerprint density at radius 2 is 1.15 bits per heavy atom. The number of alkyl halides is 2. The molecule has 0 saturated carbocycles. The van der Waals surface area contributed by atoms with Gasteiger partial charge in [0.05, 0.1) is 0 Å². The van der Waals surface area contributed by atoms with Crippen molar-refractivity contribution in [2.75, 3.05) is 28.2 Å². The van der Waals surface area contributed by atoms with Crippen LogP contribution >= 0.6 is 31.9 Å². The number of carbonyl (C=O) groups excluding carboxylic acids is 2. The van der Waals surface area contributed by atoms with Gasteiger partial charge in [-0.05, 0) is 0 Å². The van der Waals surface area contributed by atoms with Gasteiger partial charge in [-0.3, -0.25) is 9.59 Å². The second-order valence-electron chi connectivity index (χ2n) is 2.97. The fourth-order valence-corrected chi connectivity index (χ4v) is 2.07. The highest BCUT2D eigenvalue weighted by Gasteiger charge is 2.42. The molecule has 0 aliphatic heterocycles. The number of carbonyl (C=O) groups is 2. The highest BCUT2D eigenvalue weighted by molar-refractivity contribution is 9.26. The van der Waals surface area contributed by atoms with Crippen LogP contribution in [0.4, 0.5) is 0 Å². The molecule has 0 aliphatic carbocycles. The summed E-state index contributed by atoms with van der Waals surface area (Å²) >= 11 is 6.10. The molecule has 0 aliphatic rings. The lowest BCUT2D eigenvalue weighted by Crippen LogP contribution is -2.47. The van der Waals surface area contributed by atoms with E-state index >= 15 is 0 Å². The van der Waals surface area contributed by atoms with Crippen LogP contribution in [0.3, 0.4) is 0 Å². The molecule has 0 fully saturated rings. The summed E-state index contributed by atoms with van der Waals surface area (Å²) in [6, 6.07) is 0. The molecule has 0 heterocycles. The van der Waals surface area contributed by atoms with Crippen LogP contribution in [-0.2, 0) is 9.59 Å². The highest BCUT2D eigenvalue weighted by atomic mass is 79.9. The molecule has 2 amide bonds. The van der Waals surface area contributed by atoms with Crippen LogP contribution in [0.1, 0.15) is 0 Å². The zero-order valence-electron chi connectivity index (χ0n) is 7.97. The number of halogens is 2. The summed E-state index contributed by atoms with van der Waals surface area (Å²) in [4.78, 5) is 25.7. The molecule has 13 heavy (non-hydrogen) atoms. The van der Waals surface area contributed by atoms with Crippen LogP contribution in [0.15, 0.2) is 0 Å². The predicted octanol–water partition coefficient (Wildman–Crippen LogP) is 0.649. The Kier molecular flexibility index (Phi) is 4.38. The topological polar surface area (TPSA) is 40.6 Å². The standard InChI is InChI=1S/C7H12Br2N2O2/c1-10(2)5(12)7(8,9)6(13)11(3)4/h1-4H3. The molecule has 0 N–H and O–H groups in total. The predicted molar refractivity (Wildman–Crippen MR) is 58.0 cm³/mol. The Bertz CT molecular complexity index is 205. The van der Waals surface area contributed by atoms with E-state index in [-0.39, 0.29) is 11.8 Å². The van der Waals surface area contributed by atoms with Gasteiger partial charge < -0.3 is 9.80 Å². The minimum atomic E-state index is -1.34. The zero-order valence-corrected chi connectivity index (χ0v) is 11.1. The molecule has 0 radical (unpaired) electrons. The Balaban J connectivity index is 4.76. The van der Waals surface area contributed by atoms with Crippen LogP contribution in [0, 0.1) is 0 Å². The quantitative estimate of drug-likeness (QED) is 0.554. The van der Waals surface area contributed by atoms with Crippen molar-refractivity contribution in [3.8, 4) is 0 Å². The van der Waals surface area contributed by atoms with Crippen molar-refractivity contribution in [3.63, 3.8) is 0 Å². The number of amides is 2. The van der Waals surface area contributed by atoms with Crippen molar-refractivity contribution in [2.24, 2.45) is 0 Å². The van der Waals surface area contributed by atoms with Crippen LogP contribution in [-0.4, -0.2) is 53.0 Å². The molecular weight excluding hydrogens is 304 g/mol. The molecule has 0 bridgehead atoms. The summed E-state index contributed by atoms with van der Waals surface area (Å²) in [5.41, 5.74) is 0. The van der Waals surface area contributed by atoms with Crippen LogP contribution in [0.5, 0.6) is 0 Å². The van der Waals surface area contributed by atoms with E-state index in [0.29, 0.717) is 0 Å². The number of hydrogen-bond donors (Lipinski definition) is 0. The average Bonchev–Trinajstić information content (AvgIpc) is 2.01. The minimum absolute atomic E-state index is 0.341. The maximum Gasteiger partial charge on any atom is 0.259 e.